The molecule has 4 aromatic rings. The van der Waals surface area contributed by atoms with E-state index in [9.17, 15) is 4.79 Å². The van der Waals surface area contributed by atoms with Crippen LogP contribution in [0.5, 0.6) is 5.75 Å². The van der Waals surface area contributed by atoms with E-state index in [4.69, 9.17) is 9.15 Å². The van der Waals surface area contributed by atoms with Crippen molar-refractivity contribution in [1.82, 2.24) is 20.1 Å². The lowest BCUT2D eigenvalue weighted by Crippen LogP contribution is -2.30. The molecule has 0 aliphatic heterocycles. The summed E-state index contributed by atoms with van der Waals surface area (Å²) in [5, 5.41) is 11.9. The lowest BCUT2D eigenvalue weighted by Gasteiger charge is -2.14. The first-order valence-corrected chi connectivity index (χ1v) is 11.1. The first kappa shape index (κ1) is 21.7. The number of hydrogen-bond acceptors (Lipinski definition) is 6. The number of carbonyl (C=O) groups excluding carboxylic acids is 1. The molecule has 0 bridgehead atoms. The number of thioether (sulfide) groups is 1. The number of para-hydroxylation sites is 2. The number of nitrogens with zero attached hydrogens (tertiary/aromatic N) is 3. The molecule has 0 aliphatic carbocycles. The van der Waals surface area contributed by atoms with Crippen LogP contribution in [0.15, 0.2) is 82.6 Å². The second-order valence-electron chi connectivity index (χ2n) is 7.18. The van der Waals surface area contributed by atoms with Gasteiger partial charge in [0, 0.05) is 5.69 Å². The summed E-state index contributed by atoms with van der Waals surface area (Å²) in [5.74, 6) is 2.06. The van der Waals surface area contributed by atoms with Gasteiger partial charge in [-0.1, -0.05) is 48.2 Å². The number of benzene rings is 2. The molecule has 0 saturated heterocycles. The normalized spacial score (nSPS) is 11.8. The monoisotopic (exact) mass is 448 g/mol. The molecular formula is C24H24N4O3S. The Bertz CT molecular complexity index is 1160. The molecule has 0 fully saturated rings. The third-order valence-electron chi connectivity index (χ3n) is 4.83. The molecule has 0 saturated carbocycles. The van der Waals surface area contributed by atoms with Crippen LogP contribution < -0.4 is 10.1 Å². The van der Waals surface area contributed by atoms with Gasteiger partial charge in [-0.2, -0.15) is 0 Å². The Hall–Kier alpha value is -3.52. The standard InChI is InChI=1S/C24H24N4O3S/c1-17-9-6-7-13-21(17)31-16-22-26-27-24(28(22)19-10-4-3-5-11-19)32-18(2)23(29)25-15-20-12-8-14-30-20/h3-14,18H,15-16H2,1-2H3,(H,25,29)/t18-/m0/s1. The third-order valence-corrected chi connectivity index (χ3v) is 5.88. The summed E-state index contributed by atoms with van der Waals surface area (Å²) < 4.78 is 13.2. The van der Waals surface area contributed by atoms with Gasteiger partial charge in [0.15, 0.2) is 11.0 Å². The Labute approximate surface area is 190 Å². The highest BCUT2D eigenvalue weighted by Gasteiger charge is 2.21. The lowest BCUT2D eigenvalue weighted by atomic mass is 10.2. The molecule has 164 valence electrons. The highest BCUT2D eigenvalue weighted by Crippen LogP contribution is 2.27. The highest BCUT2D eigenvalue weighted by molar-refractivity contribution is 8.00. The average molecular weight is 449 g/mol. The molecule has 0 radical (unpaired) electrons. The molecule has 1 N–H and O–H groups in total. The summed E-state index contributed by atoms with van der Waals surface area (Å²) in [4.78, 5) is 12.6. The van der Waals surface area contributed by atoms with Crippen molar-refractivity contribution in [2.45, 2.75) is 37.4 Å². The minimum atomic E-state index is -0.373. The van der Waals surface area contributed by atoms with Crippen molar-refractivity contribution in [2.24, 2.45) is 0 Å². The molecule has 1 amide bonds. The van der Waals surface area contributed by atoms with Crippen molar-refractivity contribution >= 4 is 17.7 Å². The van der Waals surface area contributed by atoms with Gasteiger partial charge in [0.25, 0.3) is 0 Å². The van der Waals surface area contributed by atoms with Crippen molar-refractivity contribution in [1.29, 1.82) is 0 Å². The van der Waals surface area contributed by atoms with Gasteiger partial charge < -0.3 is 14.5 Å². The van der Waals surface area contributed by atoms with E-state index in [1.807, 2.05) is 79.1 Å². The van der Waals surface area contributed by atoms with Crippen molar-refractivity contribution in [3.05, 3.63) is 90.1 Å². The number of aromatic nitrogens is 3. The molecular weight excluding hydrogens is 424 g/mol. The minimum Gasteiger partial charge on any atom is -0.485 e. The maximum atomic E-state index is 12.6. The van der Waals surface area contributed by atoms with Crippen molar-refractivity contribution in [3.8, 4) is 11.4 Å². The Kier molecular flexibility index (Phi) is 6.91. The summed E-state index contributed by atoms with van der Waals surface area (Å²) >= 11 is 1.35. The van der Waals surface area contributed by atoms with E-state index in [2.05, 4.69) is 15.5 Å². The summed E-state index contributed by atoms with van der Waals surface area (Å²) in [6.07, 6.45) is 1.59. The van der Waals surface area contributed by atoms with Gasteiger partial charge in [-0.15, -0.1) is 10.2 Å². The largest absolute Gasteiger partial charge is 0.485 e. The zero-order valence-corrected chi connectivity index (χ0v) is 18.7. The average Bonchev–Trinajstić information content (AvgIpc) is 3.47. The molecule has 2 aromatic carbocycles. The summed E-state index contributed by atoms with van der Waals surface area (Å²) in [5.41, 5.74) is 1.96. The minimum absolute atomic E-state index is 0.105. The smallest absolute Gasteiger partial charge is 0.233 e. The zero-order valence-electron chi connectivity index (χ0n) is 17.9. The summed E-state index contributed by atoms with van der Waals surface area (Å²) in [7, 11) is 0. The number of nitrogens with one attached hydrogen (secondary N) is 1. The predicted molar refractivity (Wildman–Crippen MR) is 123 cm³/mol. The van der Waals surface area contributed by atoms with Crippen LogP contribution in [0.4, 0.5) is 0 Å². The van der Waals surface area contributed by atoms with Gasteiger partial charge in [-0.3, -0.25) is 9.36 Å². The van der Waals surface area contributed by atoms with Crippen molar-refractivity contribution in [3.63, 3.8) is 0 Å². The Morgan fingerprint density at radius 2 is 1.88 bits per heavy atom. The van der Waals surface area contributed by atoms with Crippen LogP contribution in [-0.2, 0) is 17.9 Å². The molecule has 4 rings (SSSR count). The third kappa shape index (κ3) is 5.20. The Balaban J connectivity index is 1.51. The van der Waals surface area contributed by atoms with Gasteiger partial charge in [0.1, 0.15) is 18.1 Å². The molecule has 0 unspecified atom stereocenters. The van der Waals surface area contributed by atoms with Gasteiger partial charge in [-0.05, 0) is 49.7 Å². The number of ether oxygens (including phenoxy) is 1. The summed E-state index contributed by atoms with van der Waals surface area (Å²) in [6.45, 7) is 4.45. The van der Waals surface area contributed by atoms with Gasteiger partial charge in [-0.25, -0.2) is 0 Å². The number of carbonyl (C=O) groups is 1. The lowest BCUT2D eigenvalue weighted by molar-refractivity contribution is -0.120. The highest BCUT2D eigenvalue weighted by atomic mass is 32.2. The van der Waals surface area contributed by atoms with Gasteiger partial charge >= 0.3 is 0 Å². The Morgan fingerprint density at radius 3 is 2.62 bits per heavy atom. The fraction of sp³-hybridized carbons (Fsp3) is 0.208. The number of aryl methyl sites for hydroxylation is 1. The first-order chi connectivity index (χ1) is 15.6. The van der Waals surface area contributed by atoms with Crippen molar-refractivity contribution in [2.75, 3.05) is 0 Å². The Morgan fingerprint density at radius 1 is 1.09 bits per heavy atom. The molecule has 7 nitrogen and oxygen atoms in total. The van der Waals surface area contributed by atoms with E-state index in [1.165, 1.54) is 11.8 Å². The van der Waals surface area contributed by atoms with E-state index in [0.29, 0.717) is 23.3 Å². The van der Waals surface area contributed by atoms with E-state index in [0.717, 1.165) is 17.0 Å². The van der Waals surface area contributed by atoms with E-state index < -0.39 is 0 Å². The topological polar surface area (TPSA) is 82.2 Å². The quantitative estimate of drug-likeness (QED) is 0.379. The van der Waals surface area contributed by atoms with Gasteiger partial charge in [0.2, 0.25) is 5.91 Å². The number of hydrogen-bond donors (Lipinski definition) is 1. The van der Waals surface area contributed by atoms with Crippen LogP contribution in [0.1, 0.15) is 24.1 Å². The SMILES string of the molecule is Cc1ccccc1OCc1nnc(S[C@@H](C)C(=O)NCc2ccco2)n1-c1ccccc1. The van der Waals surface area contributed by atoms with Crippen LogP contribution in [0.25, 0.3) is 5.69 Å². The van der Waals surface area contributed by atoms with Crippen LogP contribution in [0.2, 0.25) is 0 Å². The maximum Gasteiger partial charge on any atom is 0.233 e. The first-order valence-electron chi connectivity index (χ1n) is 10.3. The second kappa shape index (κ2) is 10.2. The van der Waals surface area contributed by atoms with E-state index >= 15 is 0 Å². The predicted octanol–water partition coefficient (Wildman–Crippen LogP) is 4.54. The fourth-order valence-electron chi connectivity index (χ4n) is 3.11. The van der Waals surface area contributed by atoms with Crippen LogP contribution in [-0.4, -0.2) is 25.9 Å². The zero-order chi connectivity index (χ0) is 22.3. The molecule has 32 heavy (non-hydrogen) atoms. The van der Waals surface area contributed by atoms with E-state index in [1.54, 1.807) is 12.3 Å². The van der Waals surface area contributed by atoms with Gasteiger partial charge in [0.05, 0.1) is 18.1 Å². The number of amides is 1. The number of furan rings is 1. The summed E-state index contributed by atoms with van der Waals surface area (Å²) in [6, 6.07) is 21.3. The van der Waals surface area contributed by atoms with Crippen LogP contribution >= 0.6 is 11.8 Å². The van der Waals surface area contributed by atoms with Crippen LogP contribution in [0.3, 0.4) is 0 Å². The molecule has 8 heteroatoms. The number of rotatable bonds is 9. The second-order valence-corrected chi connectivity index (χ2v) is 8.49. The van der Waals surface area contributed by atoms with Crippen LogP contribution in [0, 0.1) is 6.92 Å². The molecule has 2 aromatic heterocycles. The van der Waals surface area contributed by atoms with E-state index in [-0.39, 0.29) is 17.8 Å². The molecule has 0 aliphatic rings. The molecule has 0 spiro atoms. The molecule has 2 heterocycles. The van der Waals surface area contributed by atoms with Crippen molar-refractivity contribution < 1.29 is 13.9 Å². The maximum absolute atomic E-state index is 12.6. The molecule has 1 atom stereocenters. The fourth-order valence-corrected chi connectivity index (χ4v) is 4.02.